The predicted octanol–water partition coefficient (Wildman–Crippen LogP) is 2.86. The number of anilines is 1. The van der Waals surface area contributed by atoms with Crippen molar-refractivity contribution in [2.24, 2.45) is 22.7 Å². The first kappa shape index (κ1) is 14.3. The van der Waals surface area contributed by atoms with Crippen molar-refractivity contribution in [3.8, 4) is 0 Å². The standard InChI is InChI=1S/C14H17N3O2S/c1-8(2)12(13(15)17-19)14(18)16-10-3-4-11-9(7-10)5-6-20-11/h3-8,12,19H,1-2H3,(H2,15,17)(H,16,18). The molecule has 4 N–H and O–H groups in total. The fourth-order valence-corrected chi connectivity index (χ4v) is 2.88. The van der Waals surface area contributed by atoms with Gasteiger partial charge in [0.15, 0.2) is 5.84 Å². The van der Waals surface area contributed by atoms with Gasteiger partial charge in [-0.05, 0) is 40.9 Å². The van der Waals surface area contributed by atoms with Gasteiger partial charge in [0.05, 0.1) is 0 Å². The third-order valence-electron chi connectivity index (χ3n) is 3.10. The molecule has 0 aliphatic rings. The van der Waals surface area contributed by atoms with Gasteiger partial charge in [-0.2, -0.15) is 0 Å². The van der Waals surface area contributed by atoms with Crippen LogP contribution in [0.3, 0.4) is 0 Å². The average molecular weight is 291 g/mol. The molecule has 5 nitrogen and oxygen atoms in total. The fraction of sp³-hybridized carbons (Fsp3) is 0.286. The monoisotopic (exact) mass is 291 g/mol. The lowest BCUT2D eigenvalue weighted by Gasteiger charge is -2.18. The number of carbonyl (C=O) groups is 1. The van der Waals surface area contributed by atoms with Gasteiger partial charge in [-0.15, -0.1) is 11.3 Å². The van der Waals surface area contributed by atoms with Crippen molar-refractivity contribution >= 4 is 38.9 Å². The molecule has 0 aliphatic heterocycles. The molecule has 0 saturated heterocycles. The van der Waals surface area contributed by atoms with Crippen LogP contribution in [-0.4, -0.2) is 17.0 Å². The van der Waals surface area contributed by atoms with Gasteiger partial charge in [0.2, 0.25) is 5.91 Å². The summed E-state index contributed by atoms with van der Waals surface area (Å²) in [6.07, 6.45) is 0. The van der Waals surface area contributed by atoms with Crippen LogP contribution < -0.4 is 11.1 Å². The lowest BCUT2D eigenvalue weighted by Crippen LogP contribution is -2.38. The maximum atomic E-state index is 12.2. The molecule has 1 aromatic carbocycles. The Morgan fingerprint density at radius 1 is 1.40 bits per heavy atom. The smallest absolute Gasteiger partial charge is 0.235 e. The van der Waals surface area contributed by atoms with Gasteiger partial charge in [0.1, 0.15) is 5.92 Å². The van der Waals surface area contributed by atoms with E-state index in [0.29, 0.717) is 5.69 Å². The van der Waals surface area contributed by atoms with Crippen LogP contribution in [0.5, 0.6) is 0 Å². The van der Waals surface area contributed by atoms with Gasteiger partial charge in [0, 0.05) is 10.4 Å². The molecule has 1 amide bonds. The maximum absolute atomic E-state index is 12.2. The highest BCUT2D eigenvalue weighted by atomic mass is 32.1. The molecule has 0 bridgehead atoms. The molecule has 2 rings (SSSR count). The minimum atomic E-state index is -0.654. The molecule has 1 unspecified atom stereocenters. The summed E-state index contributed by atoms with van der Waals surface area (Å²) in [7, 11) is 0. The van der Waals surface area contributed by atoms with E-state index in [1.165, 1.54) is 4.70 Å². The summed E-state index contributed by atoms with van der Waals surface area (Å²) in [6.45, 7) is 3.70. The highest BCUT2D eigenvalue weighted by Crippen LogP contribution is 2.24. The van der Waals surface area contributed by atoms with Crippen LogP contribution >= 0.6 is 11.3 Å². The molecule has 20 heavy (non-hydrogen) atoms. The predicted molar refractivity (Wildman–Crippen MR) is 82.2 cm³/mol. The van der Waals surface area contributed by atoms with Gasteiger partial charge < -0.3 is 16.3 Å². The first-order valence-corrected chi connectivity index (χ1v) is 7.16. The number of nitrogens with zero attached hydrogens (tertiary/aromatic N) is 1. The summed E-state index contributed by atoms with van der Waals surface area (Å²) < 4.78 is 1.17. The molecule has 0 radical (unpaired) electrons. The van der Waals surface area contributed by atoms with E-state index in [1.807, 2.05) is 43.5 Å². The van der Waals surface area contributed by atoms with Gasteiger partial charge >= 0.3 is 0 Å². The Hall–Kier alpha value is -2.08. The number of benzene rings is 1. The Bertz CT molecular complexity index is 649. The number of amidine groups is 1. The molecule has 1 aromatic heterocycles. The third kappa shape index (κ3) is 2.91. The fourth-order valence-electron chi connectivity index (χ4n) is 2.11. The van der Waals surface area contributed by atoms with E-state index in [1.54, 1.807) is 11.3 Å². The highest BCUT2D eigenvalue weighted by molar-refractivity contribution is 7.17. The minimum Gasteiger partial charge on any atom is -0.409 e. The second kappa shape index (κ2) is 5.92. The highest BCUT2D eigenvalue weighted by Gasteiger charge is 2.26. The van der Waals surface area contributed by atoms with E-state index in [-0.39, 0.29) is 17.7 Å². The topological polar surface area (TPSA) is 87.7 Å². The van der Waals surface area contributed by atoms with Crippen molar-refractivity contribution in [2.45, 2.75) is 13.8 Å². The van der Waals surface area contributed by atoms with Gasteiger partial charge in [-0.1, -0.05) is 19.0 Å². The zero-order chi connectivity index (χ0) is 14.7. The number of hydrogen-bond acceptors (Lipinski definition) is 4. The second-order valence-electron chi connectivity index (χ2n) is 4.91. The Kier molecular flexibility index (Phi) is 4.24. The van der Waals surface area contributed by atoms with E-state index in [0.717, 1.165) is 5.39 Å². The largest absolute Gasteiger partial charge is 0.409 e. The number of amides is 1. The number of rotatable bonds is 4. The molecule has 0 fully saturated rings. The van der Waals surface area contributed by atoms with E-state index < -0.39 is 5.92 Å². The molecule has 2 aromatic rings. The maximum Gasteiger partial charge on any atom is 0.235 e. The zero-order valence-corrected chi connectivity index (χ0v) is 12.1. The molecular weight excluding hydrogens is 274 g/mol. The van der Waals surface area contributed by atoms with Crippen LogP contribution in [-0.2, 0) is 4.79 Å². The summed E-state index contributed by atoms with van der Waals surface area (Å²) in [6, 6.07) is 7.72. The van der Waals surface area contributed by atoms with E-state index in [4.69, 9.17) is 10.9 Å². The van der Waals surface area contributed by atoms with Crippen molar-refractivity contribution in [3.63, 3.8) is 0 Å². The van der Waals surface area contributed by atoms with Crippen LogP contribution in [0.2, 0.25) is 0 Å². The molecule has 0 spiro atoms. The molecule has 1 atom stereocenters. The molecule has 106 valence electrons. The zero-order valence-electron chi connectivity index (χ0n) is 11.3. The lowest BCUT2D eigenvalue weighted by molar-refractivity contribution is -0.119. The van der Waals surface area contributed by atoms with Gasteiger partial charge in [-0.3, -0.25) is 4.79 Å². The molecular formula is C14H17N3O2S. The Morgan fingerprint density at radius 3 is 2.80 bits per heavy atom. The number of oxime groups is 1. The van der Waals surface area contributed by atoms with Crippen LogP contribution in [0.4, 0.5) is 5.69 Å². The summed E-state index contributed by atoms with van der Waals surface area (Å²) in [5.74, 6) is -1.06. The number of nitrogens with one attached hydrogen (secondary N) is 1. The normalized spacial score (nSPS) is 13.7. The number of thiophene rings is 1. The number of carbonyl (C=O) groups excluding carboxylic acids is 1. The summed E-state index contributed by atoms with van der Waals surface area (Å²) >= 11 is 1.65. The minimum absolute atomic E-state index is 0.0595. The van der Waals surface area contributed by atoms with Crippen molar-refractivity contribution in [1.82, 2.24) is 0 Å². The first-order chi connectivity index (χ1) is 9.52. The van der Waals surface area contributed by atoms with Crippen LogP contribution in [0.15, 0.2) is 34.8 Å². The van der Waals surface area contributed by atoms with Gasteiger partial charge in [-0.25, -0.2) is 0 Å². The SMILES string of the molecule is CC(C)C(C(=O)Nc1ccc2sccc2c1)C(N)=NO. The van der Waals surface area contributed by atoms with Crippen molar-refractivity contribution in [1.29, 1.82) is 0 Å². The van der Waals surface area contributed by atoms with Gasteiger partial charge in [0.25, 0.3) is 0 Å². The van der Waals surface area contributed by atoms with E-state index in [2.05, 4.69) is 10.5 Å². The van der Waals surface area contributed by atoms with Crippen LogP contribution in [0.25, 0.3) is 10.1 Å². The average Bonchev–Trinajstić information content (AvgIpc) is 2.85. The van der Waals surface area contributed by atoms with Crippen LogP contribution in [0, 0.1) is 11.8 Å². The summed E-state index contributed by atoms with van der Waals surface area (Å²) in [4.78, 5) is 12.2. The Balaban J connectivity index is 2.20. The van der Waals surface area contributed by atoms with Crippen molar-refractivity contribution in [2.75, 3.05) is 5.32 Å². The molecule has 0 aliphatic carbocycles. The first-order valence-electron chi connectivity index (χ1n) is 6.28. The molecule has 6 heteroatoms. The Morgan fingerprint density at radius 2 is 2.15 bits per heavy atom. The van der Waals surface area contributed by atoms with E-state index in [9.17, 15) is 4.79 Å². The number of nitrogens with two attached hydrogens (primary N) is 1. The lowest BCUT2D eigenvalue weighted by atomic mass is 9.93. The number of hydrogen-bond donors (Lipinski definition) is 3. The third-order valence-corrected chi connectivity index (χ3v) is 4.00. The Labute approximate surface area is 121 Å². The summed E-state index contributed by atoms with van der Waals surface area (Å²) in [5, 5.41) is 17.6. The quantitative estimate of drug-likeness (QED) is 0.350. The van der Waals surface area contributed by atoms with Crippen LogP contribution in [0.1, 0.15) is 13.8 Å². The van der Waals surface area contributed by atoms with E-state index >= 15 is 0 Å². The summed E-state index contributed by atoms with van der Waals surface area (Å²) in [5.41, 5.74) is 6.29. The molecule has 1 heterocycles. The second-order valence-corrected chi connectivity index (χ2v) is 5.86. The van der Waals surface area contributed by atoms with Crippen molar-refractivity contribution in [3.05, 3.63) is 29.6 Å². The van der Waals surface area contributed by atoms with Crippen molar-refractivity contribution < 1.29 is 10.0 Å². The number of fused-ring (bicyclic) bond motifs is 1. The molecule has 0 saturated carbocycles.